The summed E-state index contributed by atoms with van der Waals surface area (Å²) in [6, 6.07) is 12.8. The number of hydrogen-bond donors (Lipinski definition) is 4. The van der Waals surface area contributed by atoms with E-state index in [1.54, 1.807) is 18.3 Å². The zero-order chi connectivity index (χ0) is 28.2. The quantitative estimate of drug-likeness (QED) is 0.185. The van der Waals surface area contributed by atoms with Crippen LogP contribution >= 0.6 is 11.6 Å². The SMILES string of the molecule is CC(=O)N(NCc1cccc(F)c1Cl)[C@@H](CCC(=O)NCCCO)COC(=O)Nc1cc2ccccc2cn1. The minimum absolute atomic E-state index is 0.0164. The lowest BCUT2D eigenvalue weighted by Gasteiger charge is -2.31. The Balaban J connectivity index is 1.67. The Hall–Kier alpha value is -3.80. The van der Waals surface area contributed by atoms with Crippen molar-refractivity contribution in [1.82, 2.24) is 20.7 Å². The summed E-state index contributed by atoms with van der Waals surface area (Å²) in [5, 5.41) is 17.1. The summed E-state index contributed by atoms with van der Waals surface area (Å²) < 4.78 is 19.3. The van der Waals surface area contributed by atoms with E-state index in [0.717, 1.165) is 10.8 Å². The van der Waals surface area contributed by atoms with E-state index >= 15 is 0 Å². The first-order valence-corrected chi connectivity index (χ1v) is 12.8. The summed E-state index contributed by atoms with van der Waals surface area (Å²) in [6.07, 6.45) is 1.43. The van der Waals surface area contributed by atoms with Gasteiger partial charge in [-0.1, -0.05) is 48.0 Å². The van der Waals surface area contributed by atoms with Gasteiger partial charge in [-0.25, -0.2) is 19.6 Å². The number of aliphatic hydroxyl groups excluding tert-OH is 1. The van der Waals surface area contributed by atoms with Crippen molar-refractivity contribution in [3.05, 3.63) is 71.1 Å². The van der Waals surface area contributed by atoms with Gasteiger partial charge in [-0.15, -0.1) is 0 Å². The summed E-state index contributed by atoms with van der Waals surface area (Å²) in [4.78, 5) is 41.6. The fourth-order valence-electron chi connectivity index (χ4n) is 3.80. The first kappa shape index (κ1) is 29.8. The average Bonchev–Trinajstić information content (AvgIpc) is 2.92. The summed E-state index contributed by atoms with van der Waals surface area (Å²) in [7, 11) is 0. The lowest BCUT2D eigenvalue weighted by molar-refractivity contribution is -0.137. The molecule has 0 aliphatic rings. The van der Waals surface area contributed by atoms with Crippen molar-refractivity contribution >= 4 is 46.1 Å². The Bertz CT molecular complexity index is 1290. The Labute approximate surface area is 230 Å². The molecule has 0 saturated carbocycles. The lowest BCUT2D eigenvalue weighted by atomic mass is 10.1. The maximum Gasteiger partial charge on any atom is 0.412 e. The molecular weight excluding hydrogens is 529 g/mol. The number of fused-ring (bicyclic) bond motifs is 1. The van der Waals surface area contributed by atoms with Gasteiger partial charge in [0.2, 0.25) is 11.8 Å². The lowest BCUT2D eigenvalue weighted by Crippen LogP contribution is -2.51. The van der Waals surface area contributed by atoms with Crippen molar-refractivity contribution in [2.45, 2.75) is 38.8 Å². The molecule has 0 unspecified atom stereocenters. The van der Waals surface area contributed by atoms with Crippen LogP contribution in [0.1, 0.15) is 31.7 Å². The van der Waals surface area contributed by atoms with E-state index in [1.807, 2.05) is 24.3 Å². The van der Waals surface area contributed by atoms with E-state index in [4.69, 9.17) is 21.4 Å². The maximum atomic E-state index is 13.9. The predicted molar refractivity (Wildman–Crippen MR) is 145 cm³/mol. The number of pyridine rings is 1. The van der Waals surface area contributed by atoms with E-state index in [9.17, 15) is 18.8 Å². The Morgan fingerprint density at radius 1 is 1.15 bits per heavy atom. The van der Waals surface area contributed by atoms with Gasteiger partial charge in [0, 0.05) is 44.6 Å². The van der Waals surface area contributed by atoms with E-state index < -0.39 is 23.9 Å². The molecule has 3 rings (SSSR count). The third-order valence-corrected chi connectivity index (χ3v) is 6.23. The smallest absolute Gasteiger partial charge is 0.412 e. The molecule has 0 aliphatic carbocycles. The molecule has 12 heteroatoms. The minimum Gasteiger partial charge on any atom is -0.447 e. The molecule has 1 heterocycles. The van der Waals surface area contributed by atoms with Gasteiger partial charge < -0.3 is 15.2 Å². The average molecular weight is 560 g/mol. The van der Waals surface area contributed by atoms with Gasteiger partial charge >= 0.3 is 6.09 Å². The second kappa shape index (κ2) is 15.0. The van der Waals surface area contributed by atoms with Crippen molar-refractivity contribution in [2.75, 3.05) is 25.1 Å². The third-order valence-electron chi connectivity index (χ3n) is 5.81. The molecule has 0 saturated heterocycles. The first-order chi connectivity index (χ1) is 18.8. The van der Waals surface area contributed by atoms with Crippen LogP contribution in [-0.2, 0) is 20.9 Å². The topological polar surface area (TPSA) is 133 Å². The van der Waals surface area contributed by atoms with Crippen LogP contribution in [0.2, 0.25) is 5.02 Å². The number of halogens is 2. The van der Waals surface area contributed by atoms with E-state index in [1.165, 1.54) is 24.1 Å². The van der Waals surface area contributed by atoms with Gasteiger partial charge in [0.1, 0.15) is 18.2 Å². The number of carbonyl (C=O) groups excluding carboxylic acids is 3. The monoisotopic (exact) mass is 559 g/mol. The molecule has 3 aromatic rings. The molecule has 0 spiro atoms. The number of nitrogens with one attached hydrogen (secondary N) is 3. The Morgan fingerprint density at radius 2 is 1.92 bits per heavy atom. The fraction of sp³-hybridized carbons (Fsp3) is 0.333. The summed E-state index contributed by atoms with van der Waals surface area (Å²) in [6.45, 7) is 1.34. The van der Waals surface area contributed by atoms with Crippen LogP contribution in [0, 0.1) is 5.82 Å². The van der Waals surface area contributed by atoms with Crippen molar-refractivity contribution in [3.8, 4) is 0 Å². The maximum absolute atomic E-state index is 13.9. The van der Waals surface area contributed by atoms with Gasteiger partial charge in [0.15, 0.2) is 0 Å². The highest BCUT2D eigenvalue weighted by Crippen LogP contribution is 2.20. The van der Waals surface area contributed by atoms with E-state index in [0.29, 0.717) is 24.3 Å². The number of hydrazine groups is 1. The molecule has 0 radical (unpaired) electrons. The zero-order valence-corrected chi connectivity index (χ0v) is 22.2. The number of benzene rings is 2. The number of aromatic nitrogens is 1. The van der Waals surface area contributed by atoms with Crippen LogP contribution in [0.25, 0.3) is 10.8 Å². The Morgan fingerprint density at radius 3 is 2.67 bits per heavy atom. The van der Waals surface area contributed by atoms with Gasteiger partial charge in [-0.2, -0.15) is 0 Å². The number of hydrogen-bond acceptors (Lipinski definition) is 7. The Kier molecular flexibility index (Phi) is 11.4. The molecule has 39 heavy (non-hydrogen) atoms. The number of rotatable bonds is 13. The van der Waals surface area contributed by atoms with Crippen LogP contribution in [0.3, 0.4) is 0 Å². The van der Waals surface area contributed by atoms with Crippen LogP contribution in [0.15, 0.2) is 54.7 Å². The molecule has 1 atom stereocenters. The fourth-order valence-corrected chi connectivity index (χ4v) is 3.99. The molecule has 0 bridgehead atoms. The minimum atomic E-state index is -0.785. The summed E-state index contributed by atoms with van der Waals surface area (Å²) >= 11 is 6.04. The summed E-state index contributed by atoms with van der Waals surface area (Å²) in [5.41, 5.74) is 3.34. The molecule has 1 aromatic heterocycles. The van der Waals surface area contributed by atoms with Crippen molar-refractivity contribution in [1.29, 1.82) is 0 Å². The highest BCUT2D eigenvalue weighted by molar-refractivity contribution is 6.31. The van der Waals surface area contributed by atoms with E-state index in [-0.39, 0.29) is 43.5 Å². The van der Waals surface area contributed by atoms with Gasteiger partial charge in [-0.3, -0.25) is 19.9 Å². The van der Waals surface area contributed by atoms with Crippen LogP contribution < -0.4 is 16.1 Å². The van der Waals surface area contributed by atoms with Gasteiger partial charge in [0.25, 0.3) is 0 Å². The number of aliphatic hydroxyl groups is 1. The molecule has 208 valence electrons. The molecular formula is C27H31ClFN5O5. The predicted octanol–water partition coefficient (Wildman–Crippen LogP) is 3.78. The van der Waals surface area contributed by atoms with Crippen LogP contribution in [-0.4, -0.2) is 58.8 Å². The third kappa shape index (κ3) is 9.17. The summed E-state index contributed by atoms with van der Waals surface area (Å²) in [5.74, 6) is -0.993. The van der Waals surface area contributed by atoms with Crippen LogP contribution in [0.4, 0.5) is 15.0 Å². The first-order valence-electron chi connectivity index (χ1n) is 12.4. The highest BCUT2D eigenvalue weighted by Gasteiger charge is 2.24. The number of ether oxygens (including phenoxy) is 1. The molecule has 2 aromatic carbocycles. The second-order valence-electron chi connectivity index (χ2n) is 8.70. The normalized spacial score (nSPS) is 11.6. The van der Waals surface area contributed by atoms with E-state index in [2.05, 4.69) is 21.0 Å². The molecule has 10 nitrogen and oxygen atoms in total. The largest absolute Gasteiger partial charge is 0.447 e. The van der Waals surface area contributed by atoms with Crippen LogP contribution in [0.5, 0.6) is 0 Å². The standard InChI is InChI=1S/C27H31ClFN5O5/c1-18(36)34(32-16-21-8-4-9-23(29)26(21)28)22(10-11-25(37)30-12-5-13-35)17-39-27(38)33-24-14-19-6-2-3-7-20(19)15-31-24/h2-4,6-9,14-15,22,32,35H,5,10-13,16-17H2,1H3,(H,30,37)(H,31,33,38)/t22-/m0/s1. The molecule has 0 aliphatic heterocycles. The van der Waals surface area contributed by atoms with Gasteiger partial charge in [-0.05, 0) is 35.9 Å². The van der Waals surface area contributed by atoms with Crippen molar-refractivity contribution in [2.24, 2.45) is 0 Å². The number of anilines is 1. The second-order valence-corrected chi connectivity index (χ2v) is 9.07. The number of nitrogens with zero attached hydrogens (tertiary/aromatic N) is 2. The van der Waals surface area contributed by atoms with Crippen molar-refractivity contribution < 1.29 is 28.6 Å². The molecule has 4 N–H and O–H groups in total. The number of carbonyl (C=O) groups is 3. The molecule has 3 amide bonds. The molecule has 0 fully saturated rings. The van der Waals surface area contributed by atoms with Gasteiger partial charge in [0.05, 0.1) is 11.1 Å². The van der Waals surface area contributed by atoms with Crippen molar-refractivity contribution in [3.63, 3.8) is 0 Å². The zero-order valence-electron chi connectivity index (χ0n) is 21.5. The highest BCUT2D eigenvalue weighted by atomic mass is 35.5. The number of amides is 3.